The molecule has 4 heteroatoms. The van der Waals surface area contributed by atoms with Crippen molar-refractivity contribution in [1.82, 2.24) is 10.2 Å². The van der Waals surface area contributed by atoms with Crippen molar-refractivity contribution in [2.45, 2.75) is 46.0 Å². The van der Waals surface area contributed by atoms with Crippen LogP contribution in [0.25, 0.3) is 0 Å². The fourth-order valence-corrected chi connectivity index (χ4v) is 3.06. The molecule has 0 aliphatic heterocycles. The molecule has 4 nitrogen and oxygen atoms in total. The van der Waals surface area contributed by atoms with Crippen LogP contribution in [0.5, 0.6) is 0 Å². The Balaban J connectivity index is 1.79. The summed E-state index contributed by atoms with van der Waals surface area (Å²) in [6.07, 6.45) is 8.15. The van der Waals surface area contributed by atoms with E-state index in [2.05, 4.69) is 11.4 Å². The van der Waals surface area contributed by atoms with Crippen molar-refractivity contribution in [1.29, 1.82) is 0 Å². The van der Waals surface area contributed by atoms with Crippen LogP contribution < -0.4 is 5.32 Å². The minimum Gasteiger partial charge on any atom is -0.350 e. The molecular formula is C20H28N2O2. The van der Waals surface area contributed by atoms with E-state index >= 15 is 0 Å². The van der Waals surface area contributed by atoms with E-state index < -0.39 is 0 Å². The molecule has 0 bridgehead atoms. The Morgan fingerprint density at radius 1 is 1.17 bits per heavy atom. The van der Waals surface area contributed by atoms with Gasteiger partial charge in [-0.3, -0.25) is 9.59 Å². The molecule has 130 valence electrons. The lowest BCUT2D eigenvalue weighted by Gasteiger charge is -2.23. The monoisotopic (exact) mass is 328 g/mol. The van der Waals surface area contributed by atoms with Crippen LogP contribution >= 0.6 is 0 Å². The number of carbonyl (C=O) groups is 2. The summed E-state index contributed by atoms with van der Waals surface area (Å²) in [5.41, 5.74) is 3.12. The van der Waals surface area contributed by atoms with Gasteiger partial charge in [0, 0.05) is 32.1 Å². The first-order chi connectivity index (χ1) is 11.6. The van der Waals surface area contributed by atoms with E-state index in [1.807, 2.05) is 36.1 Å². The van der Waals surface area contributed by atoms with Gasteiger partial charge in [-0.05, 0) is 50.7 Å². The third-order valence-electron chi connectivity index (χ3n) is 4.59. The number of nitrogens with zero attached hydrogens (tertiary/aromatic N) is 1. The number of aryl methyl sites for hydroxylation is 1. The highest BCUT2D eigenvalue weighted by atomic mass is 16.2. The molecular weight excluding hydrogens is 300 g/mol. The molecule has 1 N–H and O–H groups in total. The number of benzene rings is 1. The fourth-order valence-electron chi connectivity index (χ4n) is 3.06. The Labute approximate surface area is 144 Å². The van der Waals surface area contributed by atoms with Crippen molar-refractivity contribution >= 4 is 11.8 Å². The number of carbonyl (C=O) groups excluding carboxylic acids is 2. The van der Waals surface area contributed by atoms with Crippen LogP contribution in [0.15, 0.2) is 35.9 Å². The number of hydrogen-bond donors (Lipinski definition) is 1. The van der Waals surface area contributed by atoms with Crippen LogP contribution in [-0.2, 0) is 4.79 Å². The molecule has 0 unspecified atom stereocenters. The van der Waals surface area contributed by atoms with Gasteiger partial charge in [0.05, 0.1) is 0 Å². The van der Waals surface area contributed by atoms with E-state index in [1.54, 1.807) is 6.92 Å². The van der Waals surface area contributed by atoms with Crippen molar-refractivity contribution in [3.05, 3.63) is 47.0 Å². The average molecular weight is 328 g/mol. The maximum atomic E-state index is 12.2. The zero-order valence-corrected chi connectivity index (χ0v) is 14.8. The lowest BCUT2D eigenvalue weighted by Crippen LogP contribution is -2.38. The molecule has 0 heterocycles. The topological polar surface area (TPSA) is 49.4 Å². The Morgan fingerprint density at radius 3 is 2.62 bits per heavy atom. The molecule has 1 aromatic rings. The quantitative estimate of drug-likeness (QED) is 0.779. The Bertz CT molecular complexity index is 607. The predicted octanol–water partition coefficient (Wildman–Crippen LogP) is 3.46. The Hall–Kier alpha value is -2.10. The van der Waals surface area contributed by atoms with E-state index in [0.29, 0.717) is 18.7 Å². The molecule has 0 atom stereocenters. The number of amides is 2. The Kier molecular flexibility index (Phi) is 7.04. The number of allylic oxidation sites excluding steroid dienone is 1. The molecule has 1 aliphatic carbocycles. The molecule has 1 aliphatic rings. The summed E-state index contributed by atoms with van der Waals surface area (Å²) >= 11 is 0. The lowest BCUT2D eigenvalue weighted by atomic mass is 9.97. The summed E-state index contributed by atoms with van der Waals surface area (Å²) in [5.74, 6) is -0.0110. The van der Waals surface area contributed by atoms with Crippen LogP contribution in [0.3, 0.4) is 0 Å². The molecule has 0 spiro atoms. The maximum Gasteiger partial charge on any atom is 0.251 e. The van der Waals surface area contributed by atoms with Crippen LogP contribution in [0.1, 0.15) is 54.9 Å². The normalized spacial score (nSPS) is 14.0. The SMILES string of the molecule is CC(=O)N(CCNC(=O)c1ccccc1C)CCC1=CCCCC1. The summed E-state index contributed by atoms with van der Waals surface area (Å²) in [5, 5.41) is 2.92. The first kappa shape index (κ1) is 18.2. The first-order valence-electron chi connectivity index (χ1n) is 8.85. The summed E-state index contributed by atoms with van der Waals surface area (Å²) in [4.78, 5) is 25.8. The standard InChI is InChI=1S/C20H28N2O2/c1-16-8-6-7-11-19(16)20(24)21-13-15-22(17(2)23)14-12-18-9-4-3-5-10-18/h6-9,11H,3-5,10,12-15H2,1-2H3,(H,21,24). The van der Waals surface area contributed by atoms with Gasteiger partial charge in [-0.15, -0.1) is 0 Å². The summed E-state index contributed by atoms with van der Waals surface area (Å²) in [6.45, 7) is 5.29. The second-order valence-corrected chi connectivity index (χ2v) is 6.44. The highest BCUT2D eigenvalue weighted by molar-refractivity contribution is 5.95. The van der Waals surface area contributed by atoms with Crippen LogP contribution in [0.2, 0.25) is 0 Å². The summed E-state index contributed by atoms with van der Waals surface area (Å²) < 4.78 is 0. The molecule has 0 saturated heterocycles. The predicted molar refractivity (Wildman–Crippen MR) is 96.9 cm³/mol. The fraction of sp³-hybridized carbons (Fsp3) is 0.500. The lowest BCUT2D eigenvalue weighted by molar-refractivity contribution is -0.128. The second kappa shape index (κ2) is 9.26. The first-order valence-corrected chi connectivity index (χ1v) is 8.85. The van der Waals surface area contributed by atoms with Crippen LogP contribution in [0.4, 0.5) is 0 Å². The number of hydrogen-bond acceptors (Lipinski definition) is 2. The van der Waals surface area contributed by atoms with Gasteiger partial charge < -0.3 is 10.2 Å². The smallest absolute Gasteiger partial charge is 0.251 e. The van der Waals surface area contributed by atoms with Gasteiger partial charge in [-0.1, -0.05) is 29.8 Å². The molecule has 0 aromatic heterocycles. The molecule has 24 heavy (non-hydrogen) atoms. The van der Waals surface area contributed by atoms with Crippen molar-refractivity contribution < 1.29 is 9.59 Å². The average Bonchev–Trinajstić information content (AvgIpc) is 2.58. The maximum absolute atomic E-state index is 12.2. The molecule has 2 rings (SSSR count). The molecule has 0 radical (unpaired) electrons. The molecule has 1 aromatic carbocycles. The van der Waals surface area contributed by atoms with Gasteiger partial charge in [0.15, 0.2) is 0 Å². The zero-order chi connectivity index (χ0) is 17.4. The van der Waals surface area contributed by atoms with Gasteiger partial charge in [0.25, 0.3) is 5.91 Å². The zero-order valence-electron chi connectivity index (χ0n) is 14.8. The van der Waals surface area contributed by atoms with E-state index in [-0.39, 0.29) is 11.8 Å². The van der Waals surface area contributed by atoms with Crippen LogP contribution in [0, 0.1) is 6.92 Å². The molecule has 2 amide bonds. The third-order valence-corrected chi connectivity index (χ3v) is 4.59. The highest BCUT2D eigenvalue weighted by Crippen LogP contribution is 2.20. The highest BCUT2D eigenvalue weighted by Gasteiger charge is 2.12. The van der Waals surface area contributed by atoms with Gasteiger partial charge in [0.2, 0.25) is 5.91 Å². The van der Waals surface area contributed by atoms with Crippen molar-refractivity contribution in [2.75, 3.05) is 19.6 Å². The van der Waals surface area contributed by atoms with Crippen molar-refractivity contribution in [2.24, 2.45) is 0 Å². The molecule has 0 saturated carbocycles. The number of rotatable bonds is 7. The van der Waals surface area contributed by atoms with E-state index in [9.17, 15) is 9.59 Å². The van der Waals surface area contributed by atoms with Crippen molar-refractivity contribution in [3.8, 4) is 0 Å². The molecule has 0 fully saturated rings. The van der Waals surface area contributed by atoms with E-state index in [0.717, 1.165) is 24.9 Å². The van der Waals surface area contributed by atoms with Gasteiger partial charge in [-0.2, -0.15) is 0 Å². The minimum absolute atomic E-state index is 0.0663. The van der Waals surface area contributed by atoms with Crippen LogP contribution in [-0.4, -0.2) is 36.3 Å². The van der Waals surface area contributed by atoms with Gasteiger partial charge >= 0.3 is 0 Å². The van der Waals surface area contributed by atoms with E-state index in [4.69, 9.17) is 0 Å². The summed E-state index contributed by atoms with van der Waals surface area (Å²) in [6, 6.07) is 7.53. The Morgan fingerprint density at radius 2 is 1.96 bits per heavy atom. The second-order valence-electron chi connectivity index (χ2n) is 6.44. The minimum atomic E-state index is -0.0772. The summed E-state index contributed by atoms with van der Waals surface area (Å²) in [7, 11) is 0. The van der Waals surface area contributed by atoms with E-state index in [1.165, 1.54) is 24.8 Å². The largest absolute Gasteiger partial charge is 0.350 e. The third kappa shape index (κ3) is 5.52. The van der Waals surface area contributed by atoms with Crippen molar-refractivity contribution in [3.63, 3.8) is 0 Å². The number of nitrogens with one attached hydrogen (secondary N) is 1. The van der Waals surface area contributed by atoms with Gasteiger partial charge in [-0.25, -0.2) is 0 Å². The van der Waals surface area contributed by atoms with Gasteiger partial charge in [0.1, 0.15) is 0 Å².